The summed E-state index contributed by atoms with van der Waals surface area (Å²) < 4.78 is 1.14. The lowest BCUT2D eigenvalue weighted by atomic mass is 10.4. The van der Waals surface area contributed by atoms with Crippen molar-refractivity contribution in [3.05, 3.63) is 40.4 Å². The van der Waals surface area contributed by atoms with E-state index in [2.05, 4.69) is 10.2 Å². The first-order chi connectivity index (χ1) is 6.70. The number of nitrogens with zero attached hydrogens (tertiary/aromatic N) is 3. The Morgan fingerprint density at radius 3 is 2.86 bits per heavy atom. The quantitative estimate of drug-likeness (QED) is 0.674. The molecule has 0 unspecified atom stereocenters. The standard InChI is InChI=1S/C8H5N3O3/c12-7-6(8(13)14)10-9-5-3-1-2-4-11(5)7/h1-4H,(H,13,14). The molecule has 70 valence electrons. The highest BCUT2D eigenvalue weighted by Gasteiger charge is 2.12. The Labute approximate surface area is 77.5 Å². The van der Waals surface area contributed by atoms with Gasteiger partial charge in [-0.3, -0.25) is 9.20 Å². The van der Waals surface area contributed by atoms with E-state index in [0.29, 0.717) is 5.65 Å². The van der Waals surface area contributed by atoms with E-state index in [-0.39, 0.29) is 0 Å². The summed E-state index contributed by atoms with van der Waals surface area (Å²) in [6, 6.07) is 4.87. The summed E-state index contributed by atoms with van der Waals surface area (Å²) in [4.78, 5) is 22.0. The number of carboxylic acid groups (broad SMARTS) is 1. The highest BCUT2D eigenvalue weighted by Crippen LogP contribution is 1.94. The third kappa shape index (κ3) is 1.13. The molecule has 0 amide bonds. The predicted molar refractivity (Wildman–Crippen MR) is 46.2 cm³/mol. The van der Waals surface area contributed by atoms with Gasteiger partial charge >= 0.3 is 5.97 Å². The average Bonchev–Trinajstić information content (AvgIpc) is 2.18. The van der Waals surface area contributed by atoms with Gasteiger partial charge in [-0.05, 0) is 12.1 Å². The van der Waals surface area contributed by atoms with Crippen LogP contribution in [0.5, 0.6) is 0 Å². The maximum Gasteiger partial charge on any atom is 0.362 e. The van der Waals surface area contributed by atoms with Crippen molar-refractivity contribution in [1.82, 2.24) is 14.6 Å². The van der Waals surface area contributed by atoms with E-state index in [0.717, 1.165) is 4.40 Å². The number of fused-ring (bicyclic) bond motifs is 1. The third-order valence-electron chi connectivity index (χ3n) is 1.71. The Balaban J connectivity index is 2.89. The van der Waals surface area contributed by atoms with Crippen molar-refractivity contribution in [3.63, 3.8) is 0 Å². The van der Waals surface area contributed by atoms with Crippen LogP contribution in [0.4, 0.5) is 0 Å². The van der Waals surface area contributed by atoms with Gasteiger partial charge in [-0.25, -0.2) is 4.79 Å². The fourth-order valence-corrected chi connectivity index (χ4v) is 1.08. The first-order valence-electron chi connectivity index (χ1n) is 3.77. The van der Waals surface area contributed by atoms with Gasteiger partial charge in [0.05, 0.1) is 0 Å². The largest absolute Gasteiger partial charge is 0.476 e. The Bertz CT molecular complexity index is 561. The molecule has 0 aliphatic carbocycles. The third-order valence-corrected chi connectivity index (χ3v) is 1.71. The molecule has 14 heavy (non-hydrogen) atoms. The Morgan fingerprint density at radius 1 is 1.36 bits per heavy atom. The molecular formula is C8H5N3O3. The molecule has 0 fully saturated rings. The molecule has 6 nitrogen and oxygen atoms in total. The van der Waals surface area contributed by atoms with E-state index < -0.39 is 17.2 Å². The van der Waals surface area contributed by atoms with Gasteiger partial charge in [0.1, 0.15) is 0 Å². The molecule has 2 heterocycles. The topological polar surface area (TPSA) is 84.6 Å². The van der Waals surface area contributed by atoms with E-state index in [1.807, 2.05) is 0 Å². The number of rotatable bonds is 1. The van der Waals surface area contributed by atoms with Gasteiger partial charge in [-0.2, -0.15) is 0 Å². The van der Waals surface area contributed by atoms with Crippen molar-refractivity contribution in [1.29, 1.82) is 0 Å². The maximum absolute atomic E-state index is 11.4. The number of pyridine rings is 1. The van der Waals surface area contributed by atoms with Crippen molar-refractivity contribution < 1.29 is 9.90 Å². The molecule has 0 aliphatic rings. The molecule has 6 heteroatoms. The van der Waals surface area contributed by atoms with Gasteiger partial charge in [-0.15, -0.1) is 10.2 Å². The molecule has 2 aromatic heterocycles. The van der Waals surface area contributed by atoms with Crippen molar-refractivity contribution >= 4 is 11.6 Å². The Hall–Kier alpha value is -2.24. The molecule has 0 aromatic carbocycles. The second-order valence-electron chi connectivity index (χ2n) is 2.59. The maximum atomic E-state index is 11.4. The van der Waals surface area contributed by atoms with Gasteiger partial charge in [0.15, 0.2) is 5.65 Å². The SMILES string of the molecule is O=C(O)c1nnc2ccccn2c1=O. The molecule has 0 radical (unpaired) electrons. The number of carbonyl (C=O) groups is 1. The molecule has 0 spiro atoms. The summed E-state index contributed by atoms with van der Waals surface area (Å²) >= 11 is 0. The molecule has 0 saturated carbocycles. The van der Waals surface area contributed by atoms with Crippen LogP contribution in [0.15, 0.2) is 29.2 Å². The van der Waals surface area contributed by atoms with Crippen LogP contribution in [0.2, 0.25) is 0 Å². The minimum absolute atomic E-state index is 0.322. The van der Waals surface area contributed by atoms with Crippen LogP contribution in [0, 0.1) is 0 Å². The van der Waals surface area contributed by atoms with Crippen molar-refractivity contribution in [2.75, 3.05) is 0 Å². The summed E-state index contributed by atoms with van der Waals surface area (Å²) in [5.74, 6) is -1.37. The van der Waals surface area contributed by atoms with E-state index in [1.165, 1.54) is 6.20 Å². The lowest BCUT2D eigenvalue weighted by molar-refractivity contribution is 0.0687. The van der Waals surface area contributed by atoms with Crippen molar-refractivity contribution in [3.8, 4) is 0 Å². The zero-order valence-corrected chi connectivity index (χ0v) is 6.91. The summed E-state index contributed by atoms with van der Waals surface area (Å²) in [6.07, 6.45) is 1.44. The molecule has 0 bridgehead atoms. The Kier molecular flexibility index (Phi) is 1.74. The van der Waals surface area contributed by atoms with Crippen molar-refractivity contribution in [2.45, 2.75) is 0 Å². The van der Waals surface area contributed by atoms with Gasteiger partial charge in [-0.1, -0.05) is 6.07 Å². The van der Waals surface area contributed by atoms with Crippen LogP contribution >= 0.6 is 0 Å². The molecular weight excluding hydrogens is 186 g/mol. The molecule has 1 N–H and O–H groups in total. The van der Waals surface area contributed by atoms with Gasteiger partial charge in [0.2, 0.25) is 5.69 Å². The van der Waals surface area contributed by atoms with Crippen LogP contribution in [0.1, 0.15) is 10.5 Å². The van der Waals surface area contributed by atoms with Gasteiger partial charge in [0, 0.05) is 6.20 Å². The zero-order chi connectivity index (χ0) is 10.1. The molecule has 0 aliphatic heterocycles. The van der Waals surface area contributed by atoms with Crippen LogP contribution in [0.3, 0.4) is 0 Å². The molecule has 0 atom stereocenters. The smallest absolute Gasteiger partial charge is 0.362 e. The van der Waals surface area contributed by atoms with Crippen LogP contribution < -0.4 is 5.56 Å². The first-order valence-corrected chi connectivity index (χ1v) is 3.77. The summed E-state index contributed by atoms with van der Waals surface area (Å²) in [5, 5.41) is 15.5. The zero-order valence-electron chi connectivity index (χ0n) is 6.91. The molecule has 2 aromatic rings. The molecule has 2 rings (SSSR count). The van der Waals surface area contributed by atoms with E-state index in [4.69, 9.17) is 5.11 Å². The average molecular weight is 191 g/mol. The first kappa shape index (κ1) is 8.36. The monoisotopic (exact) mass is 191 g/mol. The Morgan fingerprint density at radius 2 is 2.14 bits per heavy atom. The number of hydrogen-bond donors (Lipinski definition) is 1. The van der Waals surface area contributed by atoms with Crippen LogP contribution in [0.25, 0.3) is 5.65 Å². The van der Waals surface area contributed by atoms with Crippen LogP contribution in [-0.2, 0) is 0 Å². The molecule has 0 saturated heterocycles. The fraction of sp³-hybridized carbons (Fsp3) is 0. The summed E-state index contributed by atoms with van der Waals surface area (Å²) in [5.41, 5.74) is -0.931. The van der Waals surface area contributed by atoms with E-state index >= 15 is 0 Å². The second-order valence-corrected chi connectivity index (χ2v) is 2.59. The lowest BCUT2D eigenvalue weighted by Crippen LogP contribution is -2.24. The lowest BCUT2D eigenvalue weighted by Gasteiger charge is -1.97. The number of carboxylic acids is 1. The highest BCUT2D eigenvalue weighted by molar-refractivity contribution is 5.84. The highest BCUT2D eigenvalue weighted by atomic mass is 16.4. The predicted octanol–water partition coefficient (Wildman–Crippen LogP) is -0.212. The number of aromatic nitrogens is 3. The normalized spacial score (nSPS) is 10.3. The van der Waals surface area contributed by atoms with Crippen molar-refractivity contribution in [2.24, 2.45) is 0 Å². The van der Waals surface area contributed by atoms with Crippen LogP contribution in [-0.4, -0.2) is 25.7 Å². The van der Waals surface area contributed by atoms with E-state index in [9.17, 15) is 9.59 Å². The second kappa shape index (κ2) is 2.91. The summed E-state index contributed by atoms with van der Waals surface area (Å²) in [6.45, 7) is 0. The summed E-state index contributed by atoms with van der Waals surface area (Å²) in [7, 11) is 0. The minimum atomic E-state index is -1.37. The van der Waals surface area contributed by atoms with Gasteiger partial charge in [0.25, 0.3) is 5.56 Å². The minimum Gasteiger partial charge on any atom is -0.476 e. The number of aromatic carboxylic acids is 1. The fourth-order valence-electron chi connectivity index (χ4n) is 1.08. The van der Waals surface area contributed by atoms with Gasteiger partial charge < -0.3 is 5.11 Å². The van der Waals surface area contributed by atoms with E-state index in [1.54, 1.807) is 18.2 Å². The number of hydrogen-bond acceptors (Lipinski definition) is 4.